The standard InChI is InChI=1S/C26H40N2O5/c1-3-5-8-19(4-2)18-33-24-14-20(25(31)27-11-6-9-22(29)16-27)13-21(15-24)26(32)28-12-7-10-23(30)17-28/h13-15,19,22-23,29-30H,3-12,16-18H2,1-2H3/t19?,22-,23-/m1/s1. The van der Waals surface area contributed by atoms with Crippen LogP contribution >= 0.6 is 0 Å². The summed E-state index contributed by atoms with van der Waals surface area (Å²) in [7, 11) is 0. The Bertz CT molecular complexity index is 747. The predicted molar refractivity (Wildman–Crippen MR) is 128 cm³/mol. The summed E-state index contributed by atoms with van der Waals surface area (Å²) in [5.74, 6) is 0.571. The van der Waals surface area contributed by atoms with E-state index in [9.17, 15) is 19.8 Å². The Morgan fingerprint density at radius 1 is 0.970 bits per heavy atom. The van der Waals surface area contributed by atoms with E-state index in [1.165, 1.54) is 0 Å². The topological polar surface area (TPSA) is 90.3 Å². The summed E-state index contributed by atoms with van der Waals surface area (Å²) < 4.78 is 6.11. The van der Waals surface area contributed by atoms with E-state index in [1.807, 2.05) is 0 Å². The van der Waals surface area contributed by atoms with E-state index in [-0.39, 0.29) is 11.8 Å². The molecule has 0 saturated carbocycles. The van der Waals surface area contributed by atoms with Gasteiger partial charge in [0.1, 0.15) is 5.75 Å². The fourth-order valence-corrected chi connectivity index (χ4v) is 4.69. The summed E-state index contributed by atoms with van der Waals surface area (Å²) in [6.45, 7) is 6.68. The monoisotopic (exact) mass is 460 g/mol. The van der Waals surface area contributed by atoms with Crippen molar-refractivity contribution in [2.45, 2.75) is 77.4 Å². The molecule has 0 aromatic heterocycles. The van der Waals surface area contributed by atoms with Crippen molar-refractivity contribution in [3.05, 3.63) is 29.3 Å². The van der Waals surface area contributed by atoms with Crippen LogP contribution in [0.3, 0.4) is 0 Å². The van der Waals surface area contributed by atoms with Gasteiger partial charge in [0.25, 0.3) is 11.8 Å². The van der Waals surface area contributed by atoms with Crippen LogP contribution in [0.1, 0.15) is 85.9 Å². The normalized spacial score (nSPS) is 22.2. The Labute approximate surface area is 197 Å². The van der Waals surface area contributed by atoms with E-state index in [4.69, 9.17) is 4.74 Å². The maximum absolute atomic E-state index is 13.2. The fourth-order valence-electron chi connectivity index (χ4n) is 4.69. The molecule has 1 aromatic rings. The summed E-state index contributed by atoms with van der Waals surface area (Å²) in [5, 5.41) is 20.0. The second-order valence-corrected chi connectivity index (χ2v) is 9.57. The van der Waals surface area contributed by atoms with E-state index in [0.29, 0.717) is 68.4 Å². The first-order valence-corrected chi connectivity index (χ1v) is 12.6. The van der Waals surface area contributed by atoms with Crippen LogP contribution in [-0.4, -0.2) is 76.8 Å². The molecule has 1 unspecified atom stereocenters. The molecule has 3 rings (SSSR count). The van der Waals surface area contributed by atoms with E-state index < -0.39 is 12.2 Å². The number of piperidine rings is 2. The molecule has 0 radical (unpaired) electrons. The molecule has 2 amide bonds. The highest BCUT2D eigenvalue weighted by Crippen LogP contribution is 2.24. The van der Waals surface area contributed by atoms with Crippen molar-refractivity contribution in [1.29, 1.82) is 0 Å². The number of likely N-dealkylation sites (tertiary alicyclic amines) is 2. The number of amides is 2. The molecule has 2 N–H and O–H groups in total. The molecule has 3 atom stereocenters. The average Bonchev–Trinajstić information content (AvgIpc) is 2.83. The van der Waals surface area contributed by atoms with Crippen LogP contribution in [0.4, 0.5) is 0 Å². The highest BCUT2D eigenvalue weighted by molar-refractivity contribution is 6.00. The third-order valence-corrected chi connectivity index (χ3v) is 6.80. The summed E-state index contributed by atoms with van der Waals surface area (Å²) in [6.07, 6.45) is 6.29. The van der Waals surface area contributed by atoms with Gasteiger partial charge in [0.05, 0.1) is 18.8 Å². The molecule has 2 saturated heterocycles. The molecule has 2 fully saturated rings. The Hall–Kier alpha value is -2.12. The molecule has 7 nitrogen and oxygen atoms in total. The molecule has 7 heteroatoms. The number of aliphatic hydroxyl groups is 2. The Kier molecular flexibility index (Phi) is 9.56. The van der Waals surface area contributed by atoms with Gasteiger partial charge < -0.3 is 24.7 Å². The first-order valence-electron chi connectivity index (χ1n) is 12.6. The number of β-amino-alcohol motifs (C(OH)–C–C–N with tert-alkyl or cyclic N) is 2. The van der Waals surface area contributed by atoms with Crippen LogP contribution in [0.25, 0.3) is 0 Å². The summed E-state index contributed by atoms with van der Waals surface area (Å²) >= 11 is 0. The average molecular weight is 461 g/mol. The number of hydrogen-bond donors (Lipinski definition) is 2. The minimum atomic E-state index is -0.512. The predicted octanol–water partition coefficient (Wildman–Crippen LogP) is 3.48. The van der Waals surface area contributed by atoms with Gasteiger partial charge in [-0.2, -0.15) is 0 Å². The lowest BCUT2D eigenvalue weighted by atomic mass is 10.0. The van der Waals surface area contributed by atoms with Gasteiger partial charge >= 0.3 is 0 Å². The van der Waals surface area contributed by atoms with Crippen molar-refractivity contribution in [3.63, 3.8) is 0 Å². The van der Waals surface area contributed by atoms with E-state index >= 15 is 0 Å². The number of hydrogen-bond acceptors (Lipinski definition) is 5. The second-order valence-electron chi connectivity index (χ2n) is 9.57. The smallest absolute Gasteiger partial charge is 0.254 e. The maximum Gasteiger partial charge on any atom is 0.254 e. The summed E-state index contributed by atoms with van der Waals surface area (Å²) in [5.41, 5.74) is 0.813. The molecule has 0 spiro atoms. The number of carbonyl (C=O) groups is 2. The minimum absolute atomic E-state index is 0.190. The lowest BCUT2D eigenvalue weighted by molar-refractivity contribution is 0.0467. The third kappa shape index (κ3) is 7.18. The fraction of sp³-hybridized carbons (Fsp3) is 0.692. The SMILES string of the molecule is CCCCC(CC)COc1cc(C(=O)N2CCC[C@@H](O)C2)cc(C(=O)N2CCC[C@@H](O)C2)c1. The highest BCUT2D eigenvalue weighted by Gasteiger charge is 2.27. The molecule has 2 heterocycles. The van der Waals surface area contributed by atoms with Gasteiger partial charge in [-0.25, -0.2) is 0 Å². The molecule has 1 aromatic carbocycles. The van der Waals surface area contributed by atoms with Gasteiger partial charge in [0.15, 0.2) is 0 Å². The number of unbranched alkanes of at least 4 members (excludes halogenated alkanes) is 1. The van der Waals surface area contributed by atoms with Crippen molar-refractivity contribution in [2.75, 3.05) is 32.8 Å². The van der Waals surface area contributed by atoms with Crippen LogP contribution in [0.5, 0.6) is 5.75 Å². The van der Waals surface area contributed by atoms with Gasteiger partial charge in [-0.05, 0) is 56.2 Å². The van der Waals surface area contributed by atoms with Crippen molar-refractivity contribution in [2.24, 2.45) is 5.92 Å². The highest BCUT2D eigenvalue weighted by atomic mass is 16.5. The zero-order chi connectivity index (χ0) is 23.8. The molecular weight excluding hydrogens is 420 g/mol. The lowest BCUT2D eigenvalue weighted by Crippen LogP contribution is -2.43. The van der Waals surface area contributed by atoms with Crippen LogP contribution in [0.15, 0.2) is 18.2 Å². The van der Waals surface area contributed by atoms with Crippen molar-refractivity contribution in [3.8, 4) is 5.75 Å². The number of benzene rings is 1. The van der Waals surface area contributed by atoms with Gasteiger partial charge in [-0.3, -0.25) is 9.59 Å². The number of ether oxygens (including phenoxy) is 1. The first-order chi connectivity index (χ1) is 15.9. The summed E-state index contributed by atoms with van der Waals surface area (Å²) in [4.78, 5) is 29.8. The number of nitrogens with zero attached hydrogens (tertiary/aromatic N) is 2. The largest absolute Gasteiger partial charge is 0.493 e. The molecule has 2 aliphatic heterocycles. The first kappa shape index (κ1) is 25.5. The Morgan fingerprint density at radius 2 is 1.52 bits per heavy atom. The van der Waals surface area contributed by atoms with Crippen LogP contribution in [0, 0.1) is 5.92 Å². The van der Waals surface area contributed by atoms with Gasteiger partial charge in [0, 0.05) is 37.3 Å². The Balaban J connectivity index is 1.83. The lowest BCUT2D eigenvalue weighted by Gasteiger charge is -2.31. The maximum atomic E-state index is 13.2. The molecular formula is C26H40N2O5. The van der Waals surface area contributed by atoms with Crippen molar-refractivity contribution in [1.82, 2.24) is 9.80 Å². The third-order valence-electron chi connectivity index (χ3n) is 6.80. The molecule has 33 heavy (non-hydrogen) atoms. The van der Waals surface area contributed by atoms with E-state index in [1.54, 1.807) is 28.0 Å². The molecule has 2 aliphatic rings. The quantitative estimate of drug-likeness (QED) is 0.589. The minimum Gasteiger partial charge on any atom is -0.493 e. The number of carbonyl (C=O) groups excluding carboxylic acids is 2. The number of aliphatic hydroxyl groups excluding tert-OH is 2. The zero-order valence-electron chi connectivity index (χ0n) is 20.2. The van der Waals surface area contributed by atoms with Gasteiger partial charge in [0.2, 0.25) is 0 Å². The van der Waals surface area contributed by atoms with E-state index in [2.05, 4.69) is 13.8 Å². The Morgan fingerprint density at radius 3 is 1.97 bits per heavy atom. The van der Waals surface area contributed by atoms with Gasteiger partial charge in [-0.15, -0.1) is 0 Å². The molecule has 184 valence electrons. The van der Waals surface area contributed by atoms with E-state index in [0.717, 1.165) is 38.5 Å². The zero-order valence-corrected chi connectivity index (χ0v) is 20.2. The number of rotatable bonds is 9. The van der Waals surface area contributed by atoms with Crippen LogP contribution in [0.2, 0.25) is 0 Å². The summed E-state index contributed by atoms with van der Waals surface area (Å²) in [6, 6.07) is 5.07. The van der Waals surface area contributed by atoms with Crippen molar-refractivity contribution < 1.29 is 24.5 Å². The van der Waals surface area contributed by atoms with Crippen LogP contribution in [-0.2, 0) is 0 Å². The molecule has 0 aliphatic carbocycles. The molecule has 0 bridgehead atoms. The van der Waals surface area contributed by atoms with Gasteiger partial charge in [-0.1, -0.05) is 33.1 Å². The second kappa shape index (κ2) is 12.4. The van der Waals surface area contributed by atoms with Crippen LogP contribution < -0.4 is 4.74 Å². The van der Waals surface area contributed by atoms with Crippen molar-refractivity contribution >= 4 is 11.8 Å².